The summed E-state index contributed by atoms with van der Waals surface area (Å²) in [6.07, 6.45) is 4.09. The molecule has 0 bridgehead atoms. The molecule has 1 N–H and O–H groups in total. The maximum Gasteiger partial charge on any atom is 0.251 e. The van der Waals surface area contributed by atoms with Gasteiger partial charge in [0, 0.05) is 26.2 Å². The van der Waals surface area contributed by atoms with Crippen LogP contribution in [0.3, 0.4) is 0 Å². The largest absolute Gasteiger partial charge is 0.366 e. The first kappa shape index (κ1) is 18.2. The van der Waals surface area contributed by atoms with Crippen LogP contribution >= 0.6 is 0 Å². The SMILES string of the molecule is CCN(CC)C(=O)C1(NC(=O)[C@H]2CN(C)CCO2)CCCCC1. The molecule has 132 valence electrons. The van der Waals surface area contributed by atoms with Gasteiger partial charge < -0.3 is 19.9 Å². The number of hydrogen-bond acceptors (Lipinski definition) is 4. The van der Waals surface area contributed by atoms with Crippen LogP contribution in [0, 0.1) is 0 Å². The van der Waals surface area contributed by atoms with E-state index in [0.717, 1.165) is 38.6 Å². The molecule has 1 saturated carbocycles. The fourth-order valence-electron chi connectivity index (χ4n) is 3.61. The molecule has 0 spiro atoms. The van der Waals surface area contributed by atoms with Crippen LogP contribution in [0.15, 0.2) is 0 Å². The van der Waals surface area contributed by atoms with Crippen molar-refractivity contribution in [2.75, 3.05) is 39.8 Å². The number of carbonyl (C=O) groups excluding carboxylic acids is 2. The zero-order valence-electron chi connectivity index (χ0n) is 14.8. The topological polar surface area (TPSA) is 61.9 Å². The van der Waals surface area contributed by atoms with Gasteiger partial charge in [-0.15, -0.1) is 0 Å². The van der Waals surface area contributed by atoms with Crippen LogP contribution in [-0.2, 0) is 14.3 Å². The highest BCUT2D eigenvalue weighted by molar-refractivity contribution is 5.93. The monoisotopic (exact) mass is 325 g/mol. The fraction of sp³-hybridized carbons (Fsp3) is 0.882. The molecule has 2 rings (SSSR count). The average Bonchev–Trinajstić information content (AvgIpc) is 2.56. The second kappa shape index (κ2) is 8.11. The van der Waals surface area contributed by atoms with E-state index in [2.05, 4.69) is 10.2 Å². The number of hydrogen-bond donors (Lipinski definition) is 1. The predicted octanol–water partition coefficient (Wildman–Crippen LogP) is 1.00. The molecular weight excluding hydrogens is 294 g/mol. The highest BCUT2D eigenvalue weighted by atomic mass is 16.5. The quantitative estimate of drug-likeness (QED) is 0.819. The Morgan fingerprint density at radius 2 is 1.87 bits per heavy atom. The summed E-state index contributed by atoms with van der Waals surface area (Å²) in [6.45, 7) is 7.31. The summed E-state index contributed by atoms with van der Waals surface area (Å²) in [5.74, 6) is -0.0707. The van der Waals surface area contributed by atoms with Crippen molar-refractivity contribution in [1.82, 2.24) is 15.1 Å². The van der Waals surface area contributed by atoms with Crippen LogP contribution in [0.4, 0.5) is 0 Å². The molecule has 2 fully saturated rings. The van der Waals surface area contributed by atoms with E-state index in [1.54, 1.807) is 0 Å². The van der Waals surface area contributed by atoms with Crippen molar-refractivity contribution in [3.8, 4) is 0 Å². The zero-order valence-corrected chi connectivity index (χ0v) is 14.8. The Morgan fingerprint density at radius 1 is 1.22 bits per heavy atom. The number of carbonyl (C=O) groups is 2. The molecule has 1 heterocycles. The van der Waals surface area contributed by atoms with Crippen LogP contribution in [0.1, 0.15) is 46.0 Å². The van der Waals surface area contributed by atoms with Crippen LogP contribution in [0.25, 0.3) is 0 Å². The third-order valence-electron chi connectivity index (χ3n) is 5.09. The van der Waals surface area contributed by atoms with Gasteiger partial charge in [0.15, 0.2) is 0 Å². The highest BCUT2D eigenvalue weighted by Crippen LogP contribution is 2.30. The van der Waals surface area contributed by atoms with Crippen molar-refractivity contribution in [2.45, 2.75) is 57.6 Å². The Kier molecular flexibility index (Phi) is 6.41. The summed E-state index contributed by atoms with van der Waals surface area (Å²) in [4.78, 5) is 29.6. The minimum atomic E-state index is -0.735. The summed E-state index contributed by atoms with van der Waals surface area (Å²) in [5.41, 5.74) is -0.735. The fourth-order valence-corrected chi connectivity index (χ4v) is 3.61. The number of likely N-dealkylation sites (N-methyl/N-ethyl adjacent to an activating group) is 2. The minimum Gasteiger partial charge on any atom is -0.366 e. The Labute approximate surface area is 139 Å². The molecular formula is C17H31N3O3. The third-order valence-corrected chi connectivity index (χ3v) is 5.09. The van der Waals surface area contributed by atoms with Crippen LogP contribution < -0.4 is 5.32 Å². The first-order valence-corrected chi connectivity index (χ1v) is 8.94. The lowest BCUT2D eigenvalue weighted by Gasteiger charge is -2.41. The van der Waals surface area contributed by atoms with Crippen molar-refractivity contribution in [1.29, 1.82) is 0 Å². The third kappa shape index (κ3) is 4.23. The maximum atomic E-state index is 13.0. The van der Waals surface area contributed by atoms with E-state index < -0.39 is 11.6 Å². The lowest BCUT2D eigenvalue weighted by Crippen LogP contribution is -2.63. The van der Waals surface area contributed by atoms with E-state index in [4.69, 9.17) is 4.74 Å². The Balaban J connectivity index is 2.11. The number of rotatable bonds is 5. The minimum absolute atomic E-state index is 0.0692. The molecule has 6 heteroatoms. The molecule has 0 aromatic rings. The Hall–Kier alpha value is -1.14. The summed E-state index contributed by atoms with van der Waals surface area (Å²) in [5, 5.41) is 3.09. The van der Waals surface area contributed by atoms with Gasteiger partial charge in [0.05, 0.1) is 6.61 Å². The van der Waals surface area contributed by atoms with E-state index in [-0.39, 0.29) is 11.8 Å². The molecule has 1 aliphatic heterocycles. The van der Waals surface area contributed by atoms with Crippen LogP contribution in [0.5, 0.6) is 0 Å². The maximum absolute atomic E-state index is 13.0. The van der Waals surface area contributed by atoms with E-state index in [0.29, 0.717) is 26.2 Å². The zero-order chi connectivity index (χ0) is 16.9. The van der Waals surface area contributed by atoms with Gasteiger partial charge in [-0.1, -0.05) is 19.3 Å². The van der Waals surface area contributed by atoms with Gasteiger partial charge in [-0.05, 0) is 33.7 Å². The highest BCUT2D eigenvalue weighted by Gasteiger charge is 2.44. The van der Waals surface area contributed by atoms with Gasteiger partial charge in [-0.2, -0.15) is 0 Å². The number of nitrogens with zero attached hydrogens (tertiary/aromatic N) is 2. The van der Waals surface area contributed by atoms with E-state index in [1.807, 2.05) is 25.8 Å². The first-order valence-electron chi connectivity index (χ1n) is 8.94. The summed E-state index contributed by atoms with van der Waals surface area (Å²) in [6, 6.07) is 0. The molecule has 23 heavy (non-hydrogen) atoms. The van der Waals surface area contributed by atoms with Crippen molar-refractivity contribution >= 4 is 11.8 Å². The lowest BCUT2D eigenvalue weighted by atomic mass is 9.80. The van der Waals surface area contributed by atoms with E-state index >= 15 is 0 Å². The predicted molar refractivity (Wildman–Crippen MR) is 89.1 cm³/mol. The van der Waals surface area contributed by atoms with Gasteiger partial charge in [0.1, 0.15) is 11.6 Å². The molecule has 1 saturated heterocycles. The molecule has 6 nitrogen and oxygen atoms in total. The van der Waals surface area contributed by atoms with Gasteiger partial charge in [0.2, 0.25) is 5.91 Å². The van der Waals surface area contributed by atoms with Gasteiger partial charge in [0.25, 0.3) is 5.91 Å². The number of amides is 2. The summed E-state index contributed by atoms with van der Waals surface area (Å²) >= 11 is 0. The van der Waals surface area contributed by atoms with E-state index in [1.165, 1.54) is 0 Å². The average molecular weight is 325 g/mol. The Morgan fingerprint density at radius 3 is 2.43 bits per heavy atom. The normalized spacial score (nSPS) is 24.9. The number of morpholine rings is 1. The molecule has 0 radical (unpaired) electrons. The van der Waals surface area contributed by atoms with E-state index in [9.17, 15) is 9.59 Å². The standard InChI is InChI=1S/C17H31N3O3/c1-4-20(5-2)16(22)17(9-7-6-8-10-17)18-15(21)14-13-19(3)11-12-23-14/h14H,4-13H2,1-3H3,(H,18,21)/t14-/m1/s1. The molecule has 0 unspecified atom stereocenters. The van der Waals surface area contributed by atoms with Gasteiger partial charge >= 0.3 is 0 Å². The van der Waals surface area contributed by atoms with Gasteiger partial charge in [-0.3, -0.25) is 9.59 Å². The molecule has 1 aliphatic carbocycles. The molecule has 0 aromatic carbocycles. The lowest BCUT2D eigenvalue weighted by molar-refractivity contribution is -0.149. The summed E-state index contributed by atoms with van der Waals surface area (Å²) < 4.78 is 5.61. The summed E-state index contributed by atoms with van der Waals surface area (Å²) in [7, 11) is 1.99. The van der Waals surface area contributed by atoms with Crippen molar-refractivity contribution in [2.24, 2.45) is 0 Å². The molecule has 0 aromatic heterocycles. The number of nitrogens with one attached hydrogen (secondary N) is 1. The van der Waals surface area contributed by atoms with Crippen molar-refractivity contribution < 1.29 is 14.3 Å². The second-order valence-corrected chi connectivity index (χ2v) is 6.73. The van der Waals surface area contributed by atoms with Crippen LogP contribution in [-0.4, -0.2) is 73.1 Å². The van der Waals surface area contributed by atoms with Gasteiger partial charge in [-0.25, -0.2) is 0 Å². The molecule has 1 atom stereocenters. The molecule has 2 amide bonds. The van der Waals surface area contributed by atoms with Crippen molar-refractivity contribution in [3.05, 3.63) is 0 Å². The Bertz CT molecular complexity index is 417. The smallest absolute Gasteiger partial charge is 0.251 e. The van der Waals surface area contributed by atoms with Crippen LogP contribution in [0.2, 0.25) is 0 Å². The second-order valence-electron chi connectivity index (χ2n) is 6.73. The first-order chi connectivity index (χ1) is 11.0. The molecule has 2 aliphatic rings. The number of ether oxygens (including phenoxy) is 1. The van der Waals surface area contributed by atoms with Crippen molar-refractivity contribution in [3.63, 3.8) is 0 Å².